The number of rotatable bonds is 7. The zero-order chi connectivity index (χ0) is 13.5. The number of unbranched alkanes of at least 4 members (excludes halogenated alkanes) is 1. The summed E-state index contributed by atoms with van der Waals surface area (Å²) in [4.78, 5) is 17.1. The van der Waals surface area contributed by atoms with E-state index in [0.717, 1.165) is 25.1 Å². The van der Waals surface area contributed by atoms with Crippen molar-refractivity contribution in [2.45, 2.75) is 32.8 Å². The molecule has 1 rings (SSSR count). The van der Waals surface area contributed by atoms with Crippen molar-refractivity contribution < 1.29 is 9.90 Å². The first kappa shape index (κ1) is 14.4. The van der Waals surface area contributed by atoms with Crippen molar-refractivity contribution in [3.8, 4) is 0 Å². The van der Waals surface area contributed by atoms with Gasteiger partial charge in [0.1, 0.15) is 0 Å². The summed E-state index contributed by atoms with van der Waals surface area (Å²) in [5.74, 6) is -0.356. The Hall–Kier alpha value is -1.62. The fourth-order valence-electron chi connectivity index (χ4n) is 1.67. The van der Waals surface area contributed by atoms with Gasteiger partial charge in [0, 0.05) is 6.54 Å². The summed E-state index contributed by atoms with van der Waals surface area (Å²) in [6.45, 7) is 4.72. The van der Waals surface area contributed by atoms with E-state index < -0.39 is 6.10 Å². The number of aliphatic hydroxyl groups excluding tert-OH is 1. The Morgan fingerprint density at radius 2 is 2.28 bits per heavy atom. The van der Waals surface area contributed by atoms with E-state index in [1.54, 1.807) is 19.2 Å². The predicted molar refractivity (Wildman–Crippen MR) is 71.2 cm³/mol. The Balaban J connectivity index is 2.80. The quantitative estimate of drug-likeness (QED) is 0.763. The molecule has 1 amide bonds. The number of hydrogen-bond donors (Lipinski definition) is 2. The lowest BCUT2D eigenvalue weighted by molar-refractivity contribution is -0.116. The van der Waals surface area contributed by atoms with Crippen LogP contribution in [0.2, 0.25) is 0 Å². The molecule has 0 radical (unpaired) electrons. The summed E-state index contributed by atoms with van der Waals surface area (Å²) in [7, 11) is 0. The summed E-state index contributed by atoms with van der Waals surface area (Å²) < 4.78 is 0. The standard InChI is InChI=1S/C13H21N3O2/c1-3-4-7-16(9-13(14)18)11-5-6-12(10(2)17)15-8-11/h5-6,8,10,17H,3-4,7,9H2,1-2H3,(H2,14,18)/t10-/m0/s1. The maximum Gasteiger partial charge on any atom is 0.236 e. The van der Waals surface area contributed by atoms with Crippen LogP contribution in [-0.2, 0) is 4.79 Å². The molecule has 1 aromatic heterocycles. The summed E-state index contributed by atoms with van der Waals surface area (Å²) in [6.07, 6.45) is 3.12. The molecule has 0 fully saturated rings. The van der Waals surface area contributed by atoms with Gasteiger partial charge in [0.15, 0.2) is 0 Å². The molecule has 0 spiro atoms. The number of aliphatic hydroxyl groups is 1. The molecule has 5 nitrogen and oxygen atoms in total. The molecule has 0 aromatic carbocycles. The number of amides is 1. The zero-order valence-electron chi connectivity index (χ0n) is 11.0. The maximum atomic E-state index is 11.0. The molecular weight excluding hydrogens is 230 g/mol. The number of hydrogen-bond acceptors (Lipinski definition) is 4. The molecular formula is C13H21N3O2. The van der Waals surface area contributed by atoms with Gasteiger partial charge in [0.25, 0.3) is 0 Å². The van der Waals surface area contributed by atoms with Gasteiger partial charge in [-0.05, 0) is 25.5 Å². The summed E-state index contributed by atoms with van der Waals surface area (Å²) in [5.41, 5.74) is 6.71. The normalized spacial score (nSPS) is 12.2. The van der Waals surface area contributed by atoms with E-state index in [1.807, 2.05) is 11.0 Å². The minimum Gasteiger partial charge on any atom is -0.387 e. The third kappa shape index (κ3) is 4.33. The molecule has 0 aliphatic carbocycles. The maximum absolute atomic E-state index is 11.0. The first-order valence-corrected chi connectivity index (χ1v) is 6.21. The number of carbonyl (C=O) groups is 1. The van der Waals surface area contributed by atoms with E-state index in [9.17, 15) is 9.90 Å². The highest BCUT2D eigenvalue weighted by Gasteiger charge is 2.10. The number of primary amides is 1. The molecule has 0 bridgehead atoms. The molecule has 1 aromatic rings. The average Bonchev–Trinajstić information content (AvgIpc) is 2.34. The number of anilines is 1. The number of nitrogens with zero attached hydrogens (tertiary/aromatic N) is 2. The first-order chi connectivity index (χ1) is 8.54. The van der Waals surface area contributed by atoms with Gasteiger partial charge in [0.05, 0.1) is 30.2 Å². The van der Waals surface area contributed by atoms with E-state index in [0.29, 0.717) is 5.69 Å². The molecule has 1 atom stereocenters. The van der Waals surface area contributed by atoms with Crippen molar-refractivity contribution in [3.63, 3.8) is 0 Å². The van der Waals surface area contributed by atoms with Crippen molar-refractivity contribution in [1.29, 1.82) is 0 Å². The second kappa shape index (κ2) is 6.96. The second-order valence-corrected chi connectivity index (χ2v) is 4.36. The molecule has 0 saturated carbocycles. The molecule has 100 valence electrons. The van der Waals surface area contributed by atoms with Gasteiger partial charge in [-0.3, -0.25) is 9.78 Å². The Bertz CT molecular complexity index is 376. The van der Waals surface area contributed by atoms with Crippen molar-refractivity contribution in [1.82, 2.24) is 4.98 Å². The fraction of sp³-hybridized carbons (Fsp3) is 0.538. The van der Waals surface area contributed by atoms with Crippen LogP contribution in [0.15, 0.2) is 18.3 Å². The van der Waals surface area contributed by atoms with Crippen molar-refractivity contribution in [3.05, 3.63) is 24.0 Å². The van der Waals surface area contributed by atoms with Crippen LogP contribution in [0.5, 0.6) is 0 Å². The van der Waals surface area contributed by atoms with E-state index in [-0.39, 0.29) is 12.5 Å². The molecule has 0 saturated heterocycles. The predicted octanol–water partition coefficient (Wildman–Crippen LogP) is 1.23. The molecule has 3 N–H and O–H groups in total. The average molecular weight is 251 g/mol. The highest BCUT2D eigenvalue weighted by atomic mass is 16.3. The van der Waals surface area contributed by atoms with Crippen LogP contribution in [0.3, 0.4) is 0 Å². The number of aromatic nitrogens is 1. The molecule has 18 heavy (non-hydrogen) atoms. The van der Waals surface area contributed by atoms with Gasteiger partial charge in [-0.1, -0.05) is 13.3 Å². The van der Waals surface area contributed by atoms with E-state index in [1.165, 1.54) is 0 Å². The number of nitrogens with two attached hydrogens (primary N) is 1. The van der Waals surface area contributed by atoms with Gasteiger partial charge in [-0.15, -0.1) is 0 Å². The minimum atomic E-state index is -0.584. The largest absolute Gasteiger partial charge is 0.387 e. The van der Waals surface area contributed by atoms with Crippen molar-refractivity contribution in [2.24, 2.45) is 5.73 Å². The number of carbonyl (C=O) groups excluding carboxylic acids is 1. The number of pyridine rings is 1. The molecule has 0 aliphatic heterocycles. The van der Waals surface area contributed by atoms with Gasteiger partial charge < -0.3 is 15.7 Å². The highest BCUT2D eigenvalue weighted by molar-refractivity contribution is 5.79. The van der Waals surface area contributed by atoms with E-state index in [2.05, 4.69) is 11.9 Å². The van der Waals surface area contributed by atoms with Crippen molar-refractivity contribution >= 4 is 11.6 Å². The first-order valence-electron chi connectivity index (χ1n) is 6.21. The van der Waals surface area contributed by atoms with Crippen LogP contribution in [0, 0.1) is 0 Å². The topological polar surface area (TPSA) is 79.5 Å². The van der Waals surface area contributed by atoms with Gasteiger partial charge in [0.2, 0.25) is 5.91 Å². The molecule has 5 heteroatoms. The van der Waals surface area contributed by atoms with E-state index >= 15 is 0 Å². The van der Waals surface area contributed by atoms with Crippen LogP contribution in [0.1, 0.15) is 38.5 Å². The summed E-state index contributed by atoms with van der Waals surface area (Å²) in [5, 5.41) is 9.39. The third-order valence-corrected chi connectivity index (χ3v) is 2.69. The van der Waals surface area contributed by atoms with Crippen LogP contribution in [0.25, 0.3) is 0 Å². The minimum absolute atomic E-state index is 0.190. The summed E-state index contributed by atoms with van der Waals surface area (Å²) in [6, 6.07) is 3.62. The fourth-order valence-corrected chi connectivity index (χ4v) is 1.67. The second-order valence-electron chi connectivity index (χ2n) is 4.36. The van der Waals surface area contributed by atoms with E-state index in [4.69, 9.17) is 5.73 Å². The monoisotopic (exact) mass is 251 g/mol. The van der Waals surface area contributed by atoms with Crippen molar-refractivity contribution in [2.75, 3.05) is 18.0 Å². The SMILES string of the molecule is CCCCN(CC(N)=O)c1ccc([C@H](C)O)nc1. The Morgan fingerprint density at radius 3 is 2.72 bits per heavy atom. The van der Waals surface area contributed by atoms with Crippen LogP contribution in [-0.4, -0.2) is 29.1 Å². The lowest BCUT2D eigenvalue weighted by Crippen LogP contribution is -2.34. The Morgan fingerprint density at radius 1 is 1.56 bits per heavy atom. The lowest BCUT2D eigenvalue weighted by Gasteiger charge is -2.23. The smallest absolute Gasteiger partial charge is 0.236 e. The Labute approximate surface area is 108 Å². The van der Waals surface area contributed by atoms with Crippen LogP contribution >= 0.6 is 0 Å². The highest BCUT2D eigenvalue weighted by Crippen LogP contribution is 2.16. The van der Waals surface area contributed by atoms with Crippen LogP contribution in [0.4, 0.5) is 5.69 Å². The molecule has 1 heterocycles. The van der Waals surface area contributed by atoms with Gasteiger partial charge >= 0.3 is 0 Å². The lowest BCUT2D eigenvalue weighted by atomic mass is 10.2. The molecule has 0 aliphatic rings. The van der Waals surface area contributed by atoms with Crippen LogP contribution < -0.4 is 10.6 Å². The third-order valence-electron chi connectivity index (χ3n) is 2.69. The summed E-state index contributed by atoms with van der Waals surface area (Å²) >= 11 is 0. The Kier molecular flexibility index (Phi) is 5.58. The zero-order valence-corrected chi connectivity index (χ0v) is 11.0. The van der Waals surface area contributed by atoms with Gasteiger partial charge in [-0.25, -0.2) is 0 Å². The molecule has 0 unspecified atom stereocenters. The van der Waals surface area contributed by atoms with Gasteiger partial charge in [-0.2, -0.15) is 0 Å².